The van der Waals surface area contributed by atoms with Gasteiger partial charge in [-0.3, -0.25) is 9.69 Å². The van der Waals surface area contributed by atoms with Gasteiger partial charge in [0.25, 0.3) is 0 Å². The minimum absolute atomic E-state index is 0.0296. The van der Waals surface area contributed by atoms with Crippen LogP contribution in [0.3, 0.4) is 0 Å². The Morgan fingerprint density at radius 1 is 1.35 bits per heavy atom. The van der Waals surface area contributed by atoms with Gasteiger partial charge >= 0.3 is 0 Å². The molecule has 1 aliphatic rings. The van der Waals surface area contributed by atoms with E-state index in [0.717, 1.165) is 25.2 Å². The molecule has 1 heterocycles. The summed E-state index contributed by atoms with van der Waals surface area (Å²) in [5, 5.41) is 0.663. The molecule has 1 aromatic carbocycles. The quantitative estimate of drug-likeness (QED) is 0.835. The van der Waals surface area contributed by atoms with E-state index in [1.807, 2.05) is 12.1 Å². The third-order valence-corrected chi connectivity index (χ3v) is 3.50. The van der Waals surface area contributed by atoms with E-state index in [1.54, 1.807) is 6.07 Å². The Bertz CT molecular complexity index is 414. The first kappa shape index (κ1) is 12.6. The van der Waals surface area contributed by atoms with Gasteiger partial charge in [-0.25, -0.2) is 0 Å². The number of carbonyl (C=O) groups excluding carboxylic acids is 1. The van der Waals surface area contributed by atoms with E-state index in [1.165, 1.54) is 12.8 Å². The van der Waals surface area contributed by atoms with Crippen LogP contribution in [0.5, 0.6) is 0 Å². The van der Waals surface area contributed by atoms with E-state index in [2.05, 4.69) is 4.90 Å². The third kappa shape index (κ3) is 3.06. The molecule has 1 fully saturated rings. The van der Waals surface area contributed by atoms with Crippen molar-refractivity contribution >= 4 is 17.4 Å². The molecule has 1 aliphatic heterocycles. The Morgan fingerprint density at radius 2 is 2.06 bits per heavy atom. The highest BCUT2D eigenvalue weighted by atomic mass is 35.5. The Labute approximate surface area is 107 Å². The lowest BCUT2D eigenvalue weighted by Crippen LogP contribution is -2.19. The molecule has 0 bridgehead atoms. The number of carbonyl (C=O) groups is 1. The van der Waals surface area contributed by atoms with Crippen LogP contribution < -0.4 is 5.73 Å². The first-order valence-electron chi connectivity index (χ1n) is 5.95. The molecular formula is C13H17ClN2O. The van der Waals surface area contributed by atoms with E-state index in [9.17, 15) is 4.79 Å². The zero-order valence-corrected chi connectivity index (χ0v) is 10.5. The number of halogens is 1. The number of ketones is 1. The monoisotopic (exact) mass is 252 g/mol. The van der Waals surface area contributed by atoms with E-state index in [-0.39, 0.29) is 12.3 Å². The smallest absolute Gasteiger partial charge is 0.176 e. The van der Waals surface area contributed by atoms with Crippen molar-refractivity contribution in [2.45, 2.75) is 19.4 Å². The van der Waals surface area contributed by atoms with Gasteiger partial charge in [-0.05, 0) is 37.6 Å². The maximum Gasteiger partial charge on any atom is 0.176 e. The number of rotatable bonds is 4. The number of hydrogen-bond acceptors (Lipinski definition) is 3. The summed E-state index contributed by atoms with van der Waals surface area (Å²) in [6.45, 7) is 3.18. The lowest BCUT2D eigenvalue weighted by Gasteiger charge is -2.15. The van der Waals surface area contributed by atoms with Gasteiger partial charge in [0.05, 0.1) is 6.54 Å². The number of likely N-dealkylation sites (tertiary alicyclic amines) is 1. The van der Waals surface area contributed by atoms with Gasteiger partial charge < -0.3 is 5.73 Å². The molecule has 0 aliphatic carbocycles. The Balaban J connectivity index is 2.10. The van der Waals surface area contributed by atoms with Crippen LogP contribution in [-0.2, 0) is 6.54 Å². The predicted octanol–water partition coefficient (Wildman–Crippen LogP) is 2.08. The summed E-state index contributed by atoms with van der Waals surface area (Å²) in [5.74, 6) is -0.0698. The molecule has 2 rings (SSSR count). The number of hydrogen-bond donors (Lipinski definition) is 1. The average Bonchev–Trinajstić information content (AvgIpc) is 2.83. The minimum Gasteiger partial charge on any atom is -0.324 e. The van der Waals surface area contributed by atoms with E-state index in [0.29, 0.717) is 10.6 Å². The van der Waals surface area contributed by atoms with Gasteiger partial charge in [-0.15, -0.1) is 0 Å². The van der Waals surface area contributed by atoms with Crippen LogP contribution in [0.15, 0.2) is 18.2 Å². The standard InChI is InChI=1S/C13H17ClN2O/c14-12-7-10(13(17)8-15)3-4-11(12)9-16-5-1-2-6-16/h3-4,7H,1-2,5-6,8-9,15H2. The fraction of sp³-hybridized carbons (Fsp3) is 0.462. The molecule has 0 atom stereocenters. The summed E-state index contributed by atoms with van der Waals surface area (Å²) in [5.41, 5.74) is 7.01. The van der Waals surface area contributed by atoms with E-state index in [4.69, 9.17) is 17.3 Å². The summed E-state index contributed by atoms with van der Waals surface area (Å²) in [6.07, 6.45) is 2.53. The molecule has 0 saturated carbocycles. The Morgan fingerprint density at radius 3 is 2.65 bits per heavy atom. The second kappa shape index (κ2) is 5.63. The number of nitrogens with zero attached hydrogens (tertiary/aromatic N) is 1. The molecule has 0 aromatic heterocycles. The number of benzene rings is 1. The molecule has 3 nitrogen and oxygen atoms in total. The summed E-state index contributed by atoms with van der Waals surface area (Å²) >= 11 is 6.19. The van der Waals surface area contributed by atoms with Crippen molar-refractivity contribution in [3.63, 3.8) is 0 Å². The van der Waals surface area contributed by atoms with Crippen molar-refractivity contribution in [3.05, 3.63) is 34.3 Å². The molecule has 2 N–H and O–H groups in total. The molecule has 0 unspecified atom stereocenters. The molecule has 0 spiro atoms. The molecule has 4 heteroatoms. The normalized spacial score (nSPS) is 16.4. The second-order valence-electron chi connectivity index (χ2n) is 4.42. The van der Waals surface area contributed by atoms with Crippen molar-refractivity contribution in [3.8, 4) is 0 Å². The van der Waals surface area contributed by atoms with Gasteiger partial charge in [-0.2, -0.15) is 0 Å². The fourth-order valence-electron chi connectivity index (χ4n) is 2.15. The summed E-state index contributed by atoms with van der Waals surface area (Å²) in [7, 11) is 0. The zero-order chi connectivity index (χ0) is 12.3. The van der Waals surface area contributed by atoms with Crippen LogP contribution in [-0.4, -0.2) is 30.3 Å². The minimum atomic E-state index is -0.0698. The first-order valence-corrected chi connectivity index (χ1v) is 6.32. The summed E-state index contributed by atoms with van der Waals surface area (Å²) in [6, 6.07) is 5.47. The van der Waals surface area contributed by atoms with Gasteiger partial charge in [0.1, 0.15) is 0 Å². The Kier molecular flexibility index (Phi) is 4.15. The van der Waals surface area contributed by atoms with Crippen LogP contribution in [0.2, 0.25) is 5.02 Å². The molecule has 1 aromatic rings. The SMILES string of the molecule is NCC(=O)c1ccc(CN2CCCC2)c(Cl)c1. The molecule has 92 valence electrons. The fourth-order valence-corrected chi connectivity index (χ4v) is 2.39. The zero-order valence-electron chi connectivity index (χ0n) is 9.79. The van der Waals surface area contributed by atoms with Crippen LogP contribution in [0, 0.1) is 0 Å². The lowest BCUT2D eigenvalue weighted by atomic mass is 10.1. The van der Waals surface area contributed by atoms with Crippen molar-refractivity contribution in [1.29, 1.82) is 0 Å². The molecule has 0 amide bonds. The van der Waals surface area contributed by atoms with Crippen LogP contribution in [0.25, 0.3) is 0 Å². The second-order valence-corrected chi connectivity index (χ2v) is 4.82. The van der Waals surface area contributed by atoms with Crippen molar-refractivity contribution in [1.82, 2.24) is 4.90 Å². The molecule has 1 saturated heterocycles. The largest absolute Gasteiger partial charge is 0.324 e. The summed E-state index contributed by atoms with van der Waals surface area (Å²) in [4.78, 5) is 13.8. The van der Waals surface area contributed by atoms with E-state index < -0.39 is 0 Å². The van der Waals surface area contributed by atoms with Crippen molar-refractivity contribution < 1.29 is 4.79 Å². The van der Waals surface area contributed by atoms with Crippen molar-refractivity contribution in [2.75, 3.05) is 19.6 Å². The van der Waals surface area contributed by atoms with Gasteiger partial charge in [0, 0.05) is 17.1 Å². The van der Waals surface area contributed by atoms with Gasteiger partial charge in [0.2, 0.25) is 0 Å². The topological polar surface area (TPSA) is 46.3 Å². The van der Waals surface area contributed by atoms with Crippen molar-refractivity contribution in [2.24, 2.45) is 5.73 Å². The maximum absolute atomic E-state index is 11.4. The lowest BCUT2D eigenvalue weighted by molar-refractivity contribution is 0.100. The molecular weight excluding hydrogens is 236 g/mol. The third-order valence-electron chi connectivity index (χ3n) is 3.15. The highest BCUT2D eigenvalue weighted by Gasteiger charge is 2.14. The number of Topliss-reactive ketones (excluding diaryl/α,β-unsaturated/α-hetero) is 1. The molecule has 17 heavy (non-hydrogen) atoms. The van der Waals surface area contributed by atoms with Gasteiger partial charge in [0.15, 0.2) is 5.78 Å². The van der Waals surface area contributed by atoms with Crippen LogP contribution in [0.4, 0.5) is 0 Å². The maximum atomic E-state index is 11.4. The highest BCUT2D eigenvalue weighted by Crippen LogP contribution is 2.21. The van der Waals surface area contributed by atoms with E-state index >= 15 is 0 Å². The average molecular weight is 253 g/mol. The molecule has 0 radical (unpaired) electrons. The highest BCUT2D eigenvalue weighted by molar-refractivity contribution is 6.31. The predicted molar refractivity (Wildman–Crippen MR) is 69.3 cm³/mol. The Hall–Kier alpha value is -0.900. The number of nitrogens with two attached hydrogens (primary N) is 1. The van der Waals surface area contributed by atoms with Gasteiger partial charge in [-0.1, -0.05) is 23.7 Å². The van der Waals surface area contributed by atoms with Crippen LogP contribution in [0.1, 0.15) is 28.8 Å². The first-order chi connectivity index (χ1) is 8.20. The summed E-state index contributed by atoms with van der Waals surface area (Å²) < 4.78 is 0. The van der Waals surface area contributed by atoms with Crippen LogP contribution >= 0.6 is 11.6 Å².